The van der Waals surface area contributed by atoms with Crippen molar-refractivity contribution in [1.29, 1.82) is 0 Å². The van der Waals surface area contributed by atoms with Crippen LogP contribution >= 0.6 is 0 Å². The van der Waals surface area contributed by atoms with Gasteiger partial charge in [0.1, 0.15) is 5.82 Å². The van der Waals surface area contributed by atoms with E-state index in [4.69, 9.17) is 0 Å². The van der Waals surface area contributed by atoms with Gasteiger partial charge in [0.05, 0.1) is 5.56 Å². The molecular formula is C19H15F3N4O. The van der Waals surface area contributed by atoms with E-state index in [0.717, 1.165) is 17.7 Å². The molecule has 8 heteroatoms. The predicted octanol–water partition coefficient (Wildman–Crippen LogP) is 4.36. The Hall–Kier alpha value is -3.42. The van der Waals surface area contributed by atoms with Gasteiger partial charge in [-0.3, -0.25) is 4.79 Å². The lowest BCUT2D eigenvalue weighted by Crippen LogP contribution is -2.15. The van der Waals surface area contributed by atoms with Gasteiger partial charge in [-0.05, 0) is 35.9 Å². The van der Waals surface area contributed by atoms with E-state index in [9.17, 15) is 18.0 Å². The highest BCUT2D eigenvalue weighted by Gasteiger charge is 2.30. The maximum Gasteiger partial charge on any atom is 0.416 e. The summed E-state index contributed by atoms with van der Waals surface area (Å²) in [6.45, 7) is 0.547. The molecule has 0 unspecified atom stereocenters. The number of carbonyl (C=O) groups is 1. The molecule has 27 heavy (non-hydrogen) atoms. The topological polar surface area (TPSA) is 66.9 Å². The molecule has 1 amide bonds. The Morgan fingerprint density at radius 1 is 0.926 bits per heavy atom. The van der Waals surface area contributed by atoms with Crippen LogP contribution in [0.2, 0.25) is 0 Å². The summed E-state index contributed by atoms with van der Waals surface area (Å²) < 4.78 is 38.2. The first-order valence-corrected chi connectivity index (χ1v) is 8.02. The monoisotopic (exact) mass is 372 g/mol. The van der Waals surface area contributed by atoms with Gasteiger partial charge in [0.15, 0.2) is 5.69 Å². The van der Waals surface area contributed by atoms with Gasteiger partial charge in [0.25, 0.3) is 5.91 Å². The Morgan fingerprint density at radius 2 is 1.70 bits per heavy atom. The first kappa shape index (κ1) is 18.4. The number of rotatable bonds is 5. The number of halogens is 3. The van der Waals surface area contributed by atoms with Gasteiger partial charge < -0.3 is 10.6 Å². The fourth-order valence-corrected chi connectivity index (χ4v) is 2.30. The van der Waals surface area contributed by atoms with E-state index in [1.807, 2.05) is 30.3 Å². The average molecular weight is 372 g/mol. The van der Waals surface area contributed by atoms with E-state index < -0.39 is 17.6 Å². The van der Waals surface area contributed by atoms with E-state index in [-0.39, 0.29) is 11.4 Å². The van der Waals surface area contributed by atoms with Crippen LogP contribution in [0.15, 0.2) is 66.7 Å². The van der Waals surface area contributed by atoms with Gasteiger partial charge in [-0.15, -0.1) is 10.2 Å². The summed E-state index contributed by atoms with van der Waals surface area (Å²) in [5, 5.41) is 13.2. The lowest BCUT2D eigenvalue weighted by Gasteiger charge is -2.10. The van der Waals surface area contributed by atoms with Gasteiger partial charge in [-0.25, -0.2) is 0 Å². The van der Waals surface area contributed by atoms with Crippen LogP contribution in [0.3, 0.4) is 0 Å². The van der Waals surface area contributed by atoms with Gasteiger partial charge in [0.2, 0.25) is 0 Å². The molecule has 0 spiro atoms. The van der Waals surface area contributed by atoms with Gasteiger partial charge >= 0.3 is 6.18 Å². The molecule has 138 valence electrons. The Kier molecular flexibility index (Phi) is 5.35. The van der Waals surface area contributed by atoms with E-state index in [1.165, 1.54) is 18.2 Å². The summed E-state index contributed by atoms with van der Waals surface area (Å²) >= 11 is 0. The van der Waals surface area contributed by atoms with Crippen LogP contribution < -0.4 is 10.6 Å². The molecule has 0 bridgehead atoms. The predicted molar refractivity (Wildman–Crippen MR) is 95.2 cm³/mol. The largest absolute Gasteiger partial charge is 0.416 e. The molecule has 3 aromatic rings. The first-order chi connectivity index (χ1) is 12.9. The van der Waals surface area contributed by atoms with Crippen molar-refractivity contribution in [3.63, 3.8) is 0 Å². The van der Waals surface area contributed by atoms with E-state index >= 15 is 0 Å². The van der Waals surface area contributed by atoms with Crippen molar-refractivity contribution >= 4 is 17.4 Å². The second kappa shape index (κ2) is 7.86. The molecule has 2 N–H and O–H groups in total. The molecular weight excluding hydrogens is 357 g/mol. The summed E-state index contributed by atoms with van der Waals surface area (Å²) in [6.07, 6.45) is -4.48. The second-order valence-electron chi connectivity index (χ2n) is 5.68. The number of benzene rings is 2. The lowest BCUT2D eigenvalue weighted by molar-refractivity contribution is -0.137. The maximum atomic E-state index is 12.7. The van der Waals surface area contributed by atoms with Crippen molar-refractivity contribution in [3.8, 4) is 0 Å². The number of amides is 1. The molecule has 5 nitrogen and oxygen atoms in total. The number of anilines is 2. The number of aromatic nitrogens is 2. The Balaban J connectivity index is 1.62. The molecule has 0 atom stereocenters. The fraction of sp³-hybridized carbons (Fsp3) is 0.105. The van der Waals surface area contributed by atoms with Crippen molar-refractivity contribution < 1.29 is 18.0 Å². The highest BCUT2D eigenvalue weighted by Crippen LogP contribution is 2.30. The summed E-state index contributed by atoms with van der Waals surface area (Å²) in [4.78, 5) is 12.2. The van der Waals surface area contributed by atoms with Gasteiger partial charge in [-0.2, -0.15) is 13.2 Å². The number of nitrogens with zero attached hydrogens (tertiary/aromatic N) is 2. The smallest absolute Gasteiger partial charge is 0.365 e. The summed E-state index contributed by atoms with van der Waals surface area (Å²) in [6, 6.07) is 17.1. The fourth-order valence-electron chi connectivity index (χ4n) is 2.30. The molecule has 0 aliphatic carbocycles. The van der Waals surface area contributed by atoms with E-state index in [2.05, 4.69) is 20.8 Å². The van der Waals surface area contributed by atoms with Crippen molar-refractivity contribution in [2.45, 2.75) is 12.7 Å². The van der Waals surface area contributed by atoms with Crippen molar-refractivity contribution in [2.75, 3.05) is 10.6 Å². The minimum atomic E-state index is -4.48. The molecule has 0 aliphatic rings. The van der Waals surface area contributed by atoms with Crippen molar-refractivity contribution in [3.05, 3.63) is 83.6 Å². The minimum Gasteiger partial charge on any atom is -0.365 e. The minimum absolute atomic E-state index is 0.00215. The molecule has 0 saturated carbocycles. The number of nitrogens with one attached hydrogen (secondary N) is 2. The number of alkyl halides is 3. The van der Waals surface area contributed by atoms with Crippen LogP contribution in [0.4, 0.5) is 24.7 Å². The van der Waals surface area contributed by atoms with Crippen LogP contribution in [0, 0.1) is 0 Å². The van der Waals surface area contributed by atoms with Crippen molar-refractivity contribution in [1.82, 2.24) is 10.2 Å². The van der Waals surface area contributed by atoms with E-state index in [1.54, 1.807) is 6.07 Å². The number of hydrogen-bond acceptors (Lipinski definition) is 4. The number of carbonyl (C=O) groups excluding carboxylic acids is 1. The maximum absolute atomic E-state index is 12.7. The van der Waals surface area contributed by atoms with Gasteiger partial charge in [0, 0.05) is 12.2 Å². The molecule has 2 aromatic carbocycles. The summed E-state index contributed by atoms with van der Waals surface area (Å²) in [5.41, 5.74) is 0.248. The SMILES string of the molecule is O=C(Nc1cccc(C(F)(F)F)c1)c1ccc(NCc2ccccc2)nn1. The molecule has 0 saturated heterocycles. The molecule has 1 heterocycles. The molecule has 0 radical (unpaired) electrons. The number of hydrogen-bond donors (Lipinski definition) is 2. The highest BCUT2D eigenvalue weighted by atomic mass is 19.4. The third-order valence-corrected chi connectivity index (χ3v) is 3.66. The van der Waals surface area contributed by atoms with Crippen LogP contribution in [0.25, 0.3) is 0 Å². The molecule has 0 fully saturated rings. The zero-order valence-electron chi connectivity index (χ0n) is 14.0. The zero-order chi connectivity index (χ0) is 19.3. The molecule has 0 aliphatic heterocycles. The highest BCUT2D eigenvalue weighted by molar-refractivity contribution is 6.02. The molecule has 3 rings (SSSR count). The normalized spacial score (nSPS) is 11.1. The lowest BCUT2D eigenvalue weighted by atomic mass is 10.2. The Labute approximate surface area is 153 Å². The third kappa shape index (κ3) is 5.04. The standard InChI is InChI=1S/C19H15F3N4O/c20-19(21,22)14-7-4-8-15(11-14)24-18(27)16-9-10-17(26-25-16)23-12-13-5-2-1-3-6-13/h1-11H,12H2,(H,23,26)(H,24,27). The zero-order valence-corrected chi connectivity index (χ0v) is 14.0. The molecule has 1 aromatic heterocycles. The summed E-state index contributed by atoms with van der Waals surface area (Å²) in [5.74, 6) is -0.161. The Bertz CT molecular complexity index is 912. The first-order valence-electron chi connectivity index (χ1n) is 8.02. The van der Waals surface area contributed by atoms with E-state index in [0.29, 0.717) is 12.4 Å². The van der Waals surface area contributed by atoms with Crippen LogP contribution in [0.5, 0.6) is 0 Å². The van der Waals surface area contributed by atoms with Crippen LogP contribution in [-0.4, -0.2) is 16.1 Å². The second-order valence-corrected chi connectivity index (χ2v) is 5.68. The summed E-state index contributed by atoms with van der Waals surface area (Å²) in [7, 11) is 0. The van der Waals surface area contributed by atoms with Gasteiger partial charge in [-0.1, -0.05) is 36.4 Å². The van der Waals surface area contributed by atoms with Crippen LogP contribution in [-0.2, 0) is 12.7 Å². The quantitative estimate of drug-likeness (QED) is 0.698. The van der Waals surface area contributed by atoms with Crippen molar-refractivity contribution in [2.24, 2.45) is 0 Å². The third-order valence-electron chi connectivity index (χ3n) is 3.66. The van der Waals surface area contributed by atoms with Crippen LogP contribution in [0.1, 0.15) is 21.6 Å². The average Bonchev–Trinajstić information content (AvgIpc) is 2.67. The Morgan fingerprint density at radius 3 is 2.37 bits per heavy atom.